The Morgan fingerprint density at radius 3 is 1.94 bits per heavy atom. The van der Waals surface area contributed by atoms with E-state index in [1.54, 1.807) is 19.2 Å². The summed E-state index contributed by atoms with van der Waals surface area (Å²) >= 11 is 0. The van der Waals surface area contributed by atoms with Gasteiger partial charge in [-0.05, 0) is 23.3 Å². The smallest absolute Gasteiger partial charge is 0.176 e. The van der Waals surface area contributed by atoms with E-state index in [1.807, 2.05) is 36.4 Å². The molecule has 3 heteroatoms. The molecule has 0 saturated carbocycles. The second-order valence-corrected chi connectivity index (χ2v) is 3.93. The zero-order chi connectivity index (χ0) is 13.0. The lowest BCUT2D eigenvalue weighted by Crippen LogP contribution is -2.13. The number of rotatable bonds is 4. The highest BCUT2D eigenvalue weighted by Crippen LogP contribution is 2.22. The second-order valence-electron chi connectivity index (χ2n) is 3.93. The number of Topliss-reactive ketones (excluding diaryl/α,β-unsaturated/α-hetero) is 1. The summed E-state index contributed by atoms with van der Waals surface area (Å²) in [4.78, 5) is 11.4. The summed E-state index contributed by atoms with van der Waals surface area (Å²) in [7, 11) is 1.64. The molecule has 0 fully saturated rings. The van der Waals surface area contributed by atoms with Crippen LogP contribution >= 0.6 is 0 Å². The van der Waals surface area contributed by atoms with Gasteiger partial charge >= 0.3 is 0 Å². The van der Waals surface area contributed by atoms with Crippen LogP contribution < -0.4 is 10.5 Å². The summed E-state index contributed by atoms with van der Waals surface area (Å²) < 4.78 is 5.11. The lowest BCUT2D eigenvalue weighted by atomic mass is 10.0. The van der Waals surface area contributed by atoms with Gasteiger partial charge in [0.05, 0.1) is 13.7 Å². The Hall–Kier alpha value is -2.13. The Bertz CT molecular complexity index is 529. The van der Waals surface area contributed by atoms with Gasteiger partial charge in [-0.3, -0.25) is 4.79 Å². The van der Waals surface area contributed by atoms with Crippen LogP contribution in [0.3, 0.4) is 0 Å². The molecule has 0 unspecified atom stereocenters. The number of hydrogen-bond acceptors (Lipinski definition) is 3. The Morgan fingerprint density at radius 1 is 1.00 bits per heavy atom. The number of methoxy groups -OCH3 is 1. The van der Waals surface area contributed by atoms with Crippen molar-refractivity contribution in [2.45, 2.75) is 0 Å². The highest BCUT2D eigenvalue weighted by Gasteiger charge is 2.03. The van der Waals surface area contributed by atoms with Crippen LogP contribution in [0.15, 0.2) is 48.5 Å². The van der Waals surface area contributed by atoms with Crippen LogP contribution in [-0.2, 0) is 0 Å². The predicted octanol–water partition coefficient (Wildman–Crippen LogP) is 2.50. The first-order valence-electron chi connectivity index (χ1n) is 5.72. The van der Waals surface area contributed by atoms with E-state index in [-0.39, 0.29) is 12.3 Å². The van der Waals surface area contributed by atoms with Crippen molar-refractivity contribution in [3.63, 3.8) is 0 Å². The largest absolute Gasteiger partial charge is 0.497 e. The molecule has 2 N–H and O–H groups in total. The van der Waals surface area contributed by atoms with Crippen molar-refractivity contribution < 1.29 is 9.53 Å². The minimum absolute atomic E-state index is 0.0435. The van der Waals surface area contributed by atoms with Gasteiger partial charge < -0.3 is 10.5 Å². The van der Waals surface area contributed by atoms with Crippen molar-refractivity contribution >= 4 is 5.78 Å². The number of ether oxygens (including phenoxy) is 1. The molecule has 92 valence electrons. The Morgan fingerprint density at radius 2 is 1.50 bits per heavy atom. The van der Waals surface area contributed by atoms with Crippen molar-refractivity contribution in [3.05, 3.63) is 54.1 Å². The zero-order valence-electron chi connectivity index (χ0n) is 10.2. The second kappa shape index (κ2) is 5.47. The van der Waals surface area contributed by atoms with Crippen LogP contribution in [0.1, 0.15) is 10.4 Å². The molecule has 0 amide bonds. The Balaban J connectivity index is 2.25. The van der Waals surface area contributed by atoms with Crippen molar-refractivity contribution in [3.8, 4) is 16.9 Å². The highest BCUT2D eigenvalue weighted by atomic mass is 16.5. The molecule has 2 aromatic carbocycles. The standard InChI is InChI=1S/C15H15NO2/c1-18-14-8-6-12(7-9-14)11-2-4-13(5-3-11)15(17)10-16/h2-9H,10,16H2,1H3. The molecule has 2 rings (SSSR count). The minimum Gasteiger partial charge on any atom is -0.497 e. The van der Waals surface area contributed by atoms with Gasteiger partial charge in [-0.2, -0.15) is 0 Å². The third kappa shape index (κ3) is 2.57. The Kier molecular flexibility index (Phi) is 3.75. The zero-order valence-corrected chi connectivity index (χ0v) is 10.2. The molecule has 18 heavy (non-hydrogen) atoms. The molecule has 0 aliphatic heterocycles. The molecular weight excluding hydrogens is 226 g/mol. The fraction of sp³-hybridized carbons (Fsp3) is 0.133. The van der Waals surface area contributed by atoms with Gasteiger partial charge in [-0.1, -0.05) is 36.4 Å². The van der Waals surface area contributed by atoms with Crippen LogP contribution in [0.5, 0.6) is 5.75 Å². The number of hydrogen-bond donors (Lipinski definition) is 1. The molecular formula is C15H15NO2. The highest BCUT2D eigenvalue weighted by molar-refractivity contribution is 5.97. The SMILES string of the molecule is COc1ccc(-c2ccc(C(=O)CN)cc2)cc1. The number of carbonyl (C=O) groups excluding carboxylic acids is 1. The quantitative estimate of drug-likeness (QED) is 0.837. The van der Waals surface area contributed by atoms with E-state index in [0.29, 0.717) is 5.56 Å². The number of ketones is 1. The summed E-state index contributed by atoms with van der Waals surface area (Å²) in [5, 5.41) is 0. The average Bonchev–Trinajstić information content (AvgIpc) is 2.47. The monoisotopic (exact) mass is 241 g/mol. The summed E-state index contributed by atoms with van der Waals surface area (Å²) in [6.07, 6.45) is 0. The van der Waals surface area contributed by atoms with Crippen LogP contribution in [0, 0.1) is 0 Å². The predicted molar refractivity (Wildman–Crippen MR) is 71.8 cm³/mol. The first-order chi connectivity index (χ1) is 8.74. The van der Waals surface area contributed by atoms with Gasteiger partial charge in [0.1, 0.15) is 5.75 Å². The molecule has 2 aromatic rings. The van der Waals surface area contributed by atoms with Crippen molar-refractivity contribution in [1.29, 1.82) is 0 Å². The van der Waals surface area contributed by atoms with Gasteiger partial charge in [0.2, 0.25) is 0 Å². The van der Waals surface area contributed by atoms with Crippen molar-refractivity contribution in [2.24, 2.45) is 5.73 Å². The van der Waals surface area contributed by atoms with E-state index in [4.69, 9.17) is 10.5 Å². The first kappa shape index (κ1) is 12.3. The molecule has 0 aromatic heterocycles. The summed E-state index contributed by atoms with van der Waals surface area (Å²) in [6.45, 7) is 0.0435. The molecule has 0 aliphatic carbocycles. The molecule has 0 aliphatic rings. The van der Waals surface area contributed by atoms with Gasteiger partial charge in [-0.15, -0.1) is 0 Å². The van der Waals surface area contributed by atoms with Crippen LogP contribution in [-0.4, -0.2) is 19.4 Å². The third-order valence-corrected chi connectivity index (χ3v) is 2.82. The molecule has 0 heterocycles. The van der Waals surface area contributed by atoms with Gasteiger partial charge in [0.15, 0.2) is 5.78 Å². The van der Waals surface area contributed by atoms with Crippen molar-refractivity contribution in [2.75, 3.05) is 13.7 Å². The van der Waals surface area contributed by atoms with E-state index >= 15 is 0 Å². The molecule has 0 spiro atoms. The summed E-state index contributed by atoms with van der Waals surface area (Å²) in [6, 6.07) is 15.2. The topological polar surface area (TPSA) is 52.3 Å². The lowest BCUT2D eigenvalue weighted by molar-refractivity contribution is 0.100. The maximum absolute atomic E-state index is 11.4. The minimum atomic E-state index is -0.0451. The number of nitrogens with two attached hydrogens (primary N) is 1. The van der Waals surface area contributed by atoms with Crippen LogP contribution in [0.2, 0.25) is 0 Å². The Labute approximate surface area is 106 Å². The molecule has 0 atom stereocenters. The average molecular weight is 241 g/mol. The normalized spacial score (nSPS) is 10.1. The van der Waals surface area contributed by atoms with Gasteiger partial charge in [0, 0.05) is 5.56 Å². The first-order valence-corrected chi connectivity index (χ1v) is 5.72. The molecule has 0 radical (unpaired) electrons. The maximum Gasteiger partial charge on any atom is 0.176 e. The van der Waals surface area contributed by atoms with Gasteiger partial charge in [0.25, 0.3) is 0 Å². The lowest BCUT2D eigenvalue weighted by Gasteiger charge is -2.05. The van der Waals surface area contributed by atoms with E-state index in [2.05, 4.69) is 0 Å². The van der Waals surface area contributed by atoms with Crippen molar-refractivity contribution in [1.82, 2.24) is 0 Å². The third-order valence-electron chi connectivity index (χ3n) is 2.82. The van der Waals surface area contributed by atoms with E-state index < -0.39 is 0 Å². The van der Waals surface area contributed by atoms with Gasteiger partial charge in [-0.25, -0.2) is 0 Å². The number of benzene rings is 2. The van der Waals surface area contributed by atoms with E-state index in [0.717, 1.165) is 16.9 Å². The summed E-state index contributed by atoms with van der Waals surface area (Å²) in [5.74, 6) is 0.782. The summed E-state index contributed by atoms with van der Waals surface area (Å²) in [5.41, 5.74) is 8.12. The van der Waals surface area contributed by atoms with E-state index in [1.165, 1.54) is 0 Å². The van der Waals surface area contributed by atoms with Crippen LogP contribution in [0.4, 0.5) is 0 Å². The van der Waals surface area contributed by atoms with Crippen LogP contribution in [0.25, 0.3) is 11.1 Å². The molecule has 0 bridgehead atoms. The fourth-order valence-electron chi connectivity index (χ4n) is 1.75. The molecule has 3 nitrogen and oxygen atoms in total. The van der Waals surface area contributed by atoms with E-state index in [9.17, 15) is 4.79 Å². The molecule has 0 saturated heterocycles. The maximum atomic E-state index is 11.4. The number of carbonyl (C=O) groups is 1. The fourth-order valence-corrected chi connectivity index (χ4v) is 1.75.